The number of ether oxygens (including phenoxy) is 3. The molecule has 0 amide bonds. The summed E-state index contributed by atoms with van der Waals surface area (Å²) in [6.07, 6.45) is -0.256. The molecule has 0 bridgehead atoms. The monoisotopic (exact) mass is 634 g/mol. The van der Waals surface area contributed by atoms with Crippen LogP contribution in [0.3, 0.4) is 0 Å². The highest BCUT2D eigenvalue weighted by Gasteiger charge is 2.50. The molecule has 0 saturated carbocycles. The maximum atomic E-state index is 14.0. The predicted molar refractivity (Wildman–Crippen MR) is 152 cm³/mol. The summed E-state index contributed by atoms with van der Waals surface area (Å²) in [6, 6.07) is 18.1. The van der Waals surface area contributed by atoms with Gasteiger partial charge in [0.25, 0.3) is 0 Å². The van der Waals surface area contributed by atoms with E-state index >= 15 is 0 Å². The van der Waals surface area contributed by atoms with Gasteiger partial charge in [0.15, 0.2) is 23.7 Å². The van der Waals surface area contributed by atoms with Gasteiger partial charge in [0.2, 0.25) is 0 Å². The molecule has 42 heavy (non-hydrogen) atoms. The fourth-order valence-corrected chi connectivity index (χ4v) is 8.77. The molecule has 0 radical (unpaired) electrons. The van der Waals surface area contributed by atoms with Crippen LogP contribution in [0, 0.1) is 28.8 Å². The Bertz CT molecular complexity index is 1620. The average molecular weight is 635 g/mol. The summed E-state index contributed by atoms with van der Waals surface area (Å²) < 4.78 is 62.1. The van der Waals surface area contributed by atoms with E-state index in [1.807, 2.05) is 48.5 Å². The number of hydrogen-bond donors (Lipinski definition) is 1. The molecule has 2 fully saturated rings. The van der Waals surface area contributed by atoms with Crippen LogP contribution >= 0.6 is 34.1 Å². The summed E-state index contributed by atoms with van der Waals surface area (Å²) in [6.45, 7) is 0.172. The number of benzene rings is 3. The van der Waals surface area contributed by atoms with Crippen molar-refractivity contribution in [3.63, 3.8) is 0 Å². The zero-order chi connectivity index (χ0) is 29.4. The Morgan fingerprint density at radius 3 is 2.52 bits per heavy atom. The fraction of sp³-hybridized carbons (Fsp3) is 0.276. The van der Waals surface area contributed by atoms with Crippen molar-refractivity contribution in [2.75, 3.05) is 19.0 Å². The van der Waals surface area contributed by atoms with Crippen molar-refractivity contribution in [3.8, 4) is 17.3 Å². The Hall–Kier alpha value is -3.11. The van der Waals surface area contributed by atoms with Gasteiger partial charge >= 0.3 is 0 Å². The number of aromatic nitrogens is 3. The third-order valence-corrected chi connectivity index (χ3v) is 11.0. The van der Waals surface area contributed by atoms with E-state index in [0.717, 1.165) is 22.6 Å². The van der Waals surface area contributed by atoms with Crippen LogP contribution in [-0.2, 0) is 14.2 Å². The lowest BCUT2D eigenvalue weighted by molar-refractivity contribution is -0.234. The van der Waals surface area contributed by atoms with Gasteiger partial charge in [-0.3, -0.25) is 0 Å². The van der Waals surface area contributed by atoms with Crippen molar-refractivity contribution in [2.45, 2.75) is 34.7 Å². The topological polar surface area (TPSA) is 82.2 Å². The van der Waals surface area contributed by atoms with Crippen molar-refractivity contribution in [1.29, 1.82) is 5.26 Å². The molecule has 3 heterocycles. The van der Waals surface area contributed by atoms with E-state index in [9.17, 15) is 18.4 Å². The third kappa shape index (κ3) is 5.63. The summed E-state index contributed by atoms with van der Waals surface area (Å²) >= 11 is 12.6. The van der Waals surface area contributed by atoms with E-state index in [-0.39, 0.29) is 23.1 Å². The van der Waals surface area contributed by atoms with Gasteiger partial charge in [-0.15, -0.1) is 5.10 Å². The molecule has 218 valence electrons. The minimum absolute atomic E-state index is 0.0209. The van der Waals surface area contributed by atoms with Crippen LogP contribution in [0.4, 0.5) is 13.2 Å². The first-order chi connectivity index (χ1) is 20.3. The highest BCUT2D eigenvalue weighted by molar-refractivity contribution is 8.17. The Labute approximate surface area is 252 Å². The van der Waals surface area contributed by atoms with Crippen molar-refractivity contribution >= 4 is 34.1 Å². The van der Waals surface area contributed by atoms with Crippen molar-refractivity contribution in [3.05, 3.63) is 99.9 Å². The summed E-state index contributed by atoms with van der Waals surface area (Å²) in [5, 5.41) is 18.5. The second-order valence-corrected chi connectivity index (χ2v) is 13.1. The molecule has 3 aromatic carbocycles. The summed E-state index contributed by atoms with van der Waals surface area (Å²) in [5.74, 6) is -3.72. The zero-order valence-corrected chi connectivity index (χ0v) is 24.1. The van der Waals surface area contributed by atoms with Crippen LogP contribution in [0.2, 0.25) is 10.0 Å². The summed E-state index contributed by atoms with van der Waals surface area (Å²) in [7, 11) is -0.993. The van der Waals surface area contributed by atoms with Crippen LogP contribution in [0.25, 0.3) is 11.3 Å². The maximum Gasteiger partial charge on any atom is 0.194 e. The normalized spacial score (nSPS) is 26.4. The Kier molecular flexibility index (Phi) is 8.45. The molecule has 7 nitrogen and oxygen atoms in total. The van der Waals surface area contributed by atoms with Crippen molar-refractivity contribution in [1.82, 2.24) is 15.0 Å². The molecule has 13 heteroatoms. The SMILES string of the molecule is N#CCO[C@H]1C[SH](c2ccc(Cl)c(Cl)c2)[C@@H]2COC(c3ccccc3)O[C@@H]2[C@H]1n1cc(-c2cc(F)c(F)c(F)c2)nn1. The number of nitriles is 1. The lowest BCUT2D eigenvalue weighted by atomic mass is 10.00. The van der Waals surface area contributed by atoms with Gasteiger partial charge in [0.1, 0.15) is 18.3 Å². The number of halogens is 5. The van der Waals surface area contributed by atoms with Crippen molar-refractivity contribution < 1.29 is 27.4 Å². The lowest BCUT2D eigenvalue weighted by Crippen LogP contribution is -2.55. The molecule has 6 atom stereocenters. The van der Waals surface area contributed by atoms with E-state index < -0.39 is 52.9 Å². The first-order valence-corrected chi connectivity index (χ1v) is 15.3. The van der Waals surface area contributed by atoms with Crippen LogP contribution in [-0.4, -0.2) is 51.4 Å². The van der Waals surface area contributed by atoms with Gasteiger partial charge < -0.3 is 14.2 Å². The van der Waals surface area contributed by atoms with Gasteiger partial charge in [0, 0.05) is 22.1 Å². The Morgan fingerprint density at radius 2 is 1.81 bits per heavy atom. The molecule has 0 spiro atoms. The molecular weight excluding hydrogens is 612 g/mol. The zero-order valence-electron chi connectivity index (χ0n) is 21.7. The predicted octanol–water partition coefficient (Wildman–Crippen LogP) is 6.68. The molecule has 0 aliphatic carbocycles. The fourth-order valence-electron chi connectivity index (χ4n) is 5.40. The number of fused-ring (bicyclic) bond motifs is 1. The maximum absolute atomic E-state index is 14.0. The van der Waals surface area contributed by atoms with Crippen LogP contribution < -0.4 is 0 Å². The third-order valence-electron chi connectivity index (χ3n) is 7.34. The molecule has 2 unspecified atom stereocenters. The largest absolute Gasteiger partial charge is 0.360 e. The number of rotatable bonds is 6. The molecule has 1 aromatic heterocycles. The first kappa shape index (κ1) is 29.0. The number of thiol groups is 1. The van der Waals surface area contributed by atoms with Gasteiger partial charge in [-0.25, -0.2) is 28.7 Å². The summed E-state index contributed by atoms with van der Waals surface area (Å²) in [5.41, 5.74) is 0.977. The van der Waals surface area contributed by atoms with E-state index in [0.29, 0.717) is 22.4 Å². The molecular formula is C29H23Cl2F3N4O3S. The van der Waals surface area contributed by atoms with E-state index in [1.165, 1.54) is 10.9 Å². The van der Waals surface area contributed by atoms with Gasteiger partial charge in [-0.1, -0.05) is 58.7 Å². The quantitative estimate of drug-likeness (QED) is 0.188. The number of nitrogens with zero attached hydrogens (tertiary/aromatic N) is 4. The minimum Gasteiger partial charge on any atom is -0.360 e. The highest BCUT2D eigenvalue weighted by atomic mass is 35.5. The second-order valence-electron chi connectivity index (χ2n) is 9.83. The van der Waals surface area contributed by atoms with Crippen LogP contribution in [0.15, 0.2) is 71.8 Å². The minimum atomic E-state index is -1.57. The Morgan fingerprint density at radius 1 is 1.05 bits per heavy atom. The lowest BCUT2D eigenvalue weighted by Gasteiger charge is -2.51. The number of hydrogen-bond acceptors (Lipinski definition) is 6. The smallest absolute Gasteiger partial charge is 0.194 e. The van der Waals surface area contributed by atoms with Crippen molar-refractivity contribution in [2.24, 2.45) is 0 Å². The molecule has 2 aliphatic heterocycles. The molecule has 6 rings (SSSR count). The average Bonchev–Trinajstić information content (AvgIpc) is 3.49. The Balaban J connectivity index is 1.42. The molecule has 2 saturated heterocycles. The van der Waals surface area contributed by atoms with E-state index in [1.54, 1.807) is 6.07 Å². The first-order valence-electron chi connectivity index (χ1n) is 12.9. The van der Waals surface area contributed by atoms with E-state index in [4.69, 9.17) is 37.4 Å². The van der Waals surface area contributed by atoms with E-state index in [2.05, 4.69) is 10.3 Å². The van der Waals surface area contributed by atoms with Crippen LogP contribution in [0.5, 0.6) is 0 Å². The van der Waals surface area contributed by atoms with Gasteiger partial charge in [0.05, 0.1) is 41.1 Å². The molecule has 2 aliphatic rings. The highest BCUT2D eigenvalue weighted by Crippen LogP contribution is 2.54. The van der Waals surface area contributed by atoms with Crippen LogP contribution in [0.1, 0.15) is 17.9 Å². The van der Waals surface area contributed by atoms with Gasteiger partial charge in [-0.05, 0) is 35.2 Å². The standard InChI is InChI=1S/C29H23Cl2F3N4O3S/c30-19-7-6-18(12-20(19)31)42-15-24(39-9-8-35)27(28-25(42)14-40-29(41-28)16-4-2-1-3-5-16)38-13-23(36-37-38)17-10-21(32)26(34)22(33)11-17/h1-7,10-13,24-25,27-29,42H,9,14-15H2/t24-,25+,27-,28-,29?/m0/s1. The van der Waals surface area contributed by atoms with Gasteiger partial charge in [-0.2, -0.15) is 5.26 Å². The summed E-state index contributed by atoms with van der Waals surface area (Å²) in [4.78, 5) is 0.973. The second kappa shape index (κ2) is 12.2. The molecule has 4 aromatic rings. The molecule has 0 N–H and O–H groups in total.